The second-order valence-electron chi connectivity index (χ2n) is 4.60. The van der Waals surface area contributed by atoms with E-state index in [4.69, 9.17) is 15.7 Å². The summed E-state index contributed by atoms with van der Waals surface area (Å²) < 4.78 is 5.86. The summed E-state index contributed by atoms with van der Waals surface area (Å²) >= 11 is 0. The maximum atomic E-state index is 8.98. The van der Waals surface area contributed by atoms with Gasteiger partial charge in [0, 0.05) is 0 Å². The first-order chi connectivity index (χ1) is 10.2. The van der Waals surface area contributed by atoms with Gasteiger partial charge in [-0.15, -0.1) is 0 Å². The molecule has 0 saturated carbocycles. The van der Waals surface area contributed by atoms with E-state index >= 15 is 0 Å². The van der Waals surface area contributed by atoms with Gasteiger partial charge < -0.3 is 10.5 Å². The molecule has 0 fully saturated rings. The Kier molecular flexibility index (Phi) is 3.13. The van der Waals surface area contributed by atoms with E-state index in [1.54, 1.807) is 12.1 Å². The van der Waals surface area contributed by atoms with Crippen molar-refractivity contribution in [1.29, 1.82) is 5.26 Å². The summed E-state index contributed by atoms with van der Waals surface area (Å²) in [6, 6.07) is 14.8. The van der Waals surface area contributed by atoms with E-state index in [0.29, 0.717) is 22.7 Å². The number of aromatic nitrogens is 2. The molecule has 0 atom stereocenters. The zero-order valence-corrected chi connectivity index (χ0v) is 11.4. The van der Waals surface area contributed by atoms with Crippen molar-refractivity contribution in [2.24, 2.45) is 0 Å². The number of nitriles is 1. The van der Waals surface area contributed by atoms with Crippen LogP contribution in [0.3, 0.4) is 0 Å². The molecule has 0 radical (unpaired) electrons. The van der Waals surface area contributed by atoms with Crippen molar-refractivity contribution in [2.75, 3.05) is 5.73 Å². The largest absolute Gasteiger partial charge is 0.438 e. The van der Waals surface area contributed by atoms with Gasteiger partial charge in [0.25, 0.3) is 0 Å². The highest BCUT2D eigenvalue weighted by molar-refractivity contribution is 5.84. The average molecular weight is 276 g/mol. The SMILES string of the molecule is Cc1ccc(C#N)cc1Oc1nc(N)nc2ccccc12. The zero-order chi connectivity index (χ0) is 14.8. The Bertz CT molecular complexity index is 868. The van der Waals surface area contributed by atoms with Crippen molar-refractivity contribution < 1.29 is 4.74 Å². The monoisotopic (exact) mass is 276 g/mol. The highest BCUT2D eigenvalue weighted by Gasteiger charge is 2.10. The molecule has 5 heteroatoms. The third-order valence-electron chi connectivity index (χ3n) is 3.11. The molecule has 0 unspecified atom stereocenters. The lowest BCUT2D eigenvalue weighted by atomic mass is 10.1. The molecule has 1 aromatic heterocycles. The molecule has 0 bridgehead atoms. The molecule has 102 valence electrons. The summed E-state index contributed by atoms with van der Waals surface area (Å²) in [7, 11) is 0. The van der Waals surface area contributed by atoms with E-state index in [1.807, 2.05) is 37.3 Å². The number of aryl methyl sites for hydroxylation is 1. The summed E-state index contributed by atoms with van der Waals surface area (Å²) in [6.07, 6.45) is 0. The normalized spacial score (nSPS) is 10.3. The van der Waals surface area contributed by atoms with Crippen LogP contribution in [0.2, 0.25) is 0 Å². The van der Waals surface area contributed by atoms with Crippen molar-refractivity contribution in [3.8, 4) is 17.7 Å². The Hall–Kier alpha value is -3.13. The molecule has 0 aliphatic rings. The fourth-order valence-electron chi connectivity index (χ4n) is 2.03. The molecule has 21 heavy (non-hydrogen) atoms. The number of nitrogens with zero attached hydrogens (tertiary/aromatic N) is 3. The summed E-state index contributed by atoms with van der Waals surface area (Å²) in [5.41, 5.74) is 7.88. The summed E-state index contributed by atoms with van der Waals surface area (Å²) in [5.74, 6) is 1.12. The number of hydrogen-bond donors (Lipinski definition) is 1. The van der Waals surface area contributed by atoms with Gasteiger partial charge in [-0.3, -0.25) is 0 Å². The fourth-order valence-corrected chi connectivity index (χ4v) is 2.03. The molecule has 0 aliphatic carbocycles. The third kappa shape index (κ3) is 2.47. The highest BCUT2D eigenvalue weighted by Crippen LogP contribution is 2.30. The van der Waals surface area contributed by atoms with Gasteiger partial charge in [0.2, 0.25) is 11.8 Å². The Morgan fingerprint density at radius 1 is 1.14 bits per heavy atom. The van der Waals surface area contributed by atoms with Crippen molar-refractivity contribution >= 4 is 16.9 Å². The molecular weight excluding hydrogens is 264 g/mol. The smallest absolute Gasteiger partial charge is 0.231 e. The van der Waals surface area contributed by atoms with Crippen molar-refractivity contribution in [1.82, 2.24) is 9.97 Å². The van der Waals surface area contributed by atoms with E-state index in [9.17, 15) is 0 Å². The Morgan fingerprint density at radius 3 is 2.76 bits per heavy atom. The molecule has 2 N–H and O–H groups in total. The lowest BCUT2D eigenvalue weighted by Crippen LogP contribution is -1.99. The standard InChI is InChI=1S/C16H12N4O/c1-10-6-7-11(9-17)8-14(10)21-15-12-4-2-3-5-13(12)19-16(18)20-15/h2-8H,1H3,(H2,18,19,20). The second kappa shape index (κ2) is 5.10. The van der Waals surface area contributed by atoms with Crippen LogP contribution in [0.15, 0.2) is 42.5 Å². The van der Waals surface area contributed by atoms with E-state index < -0.39 is 0 Å². The Balaban J connectivity index is 2.12. The maximum absolute atomic E-state index is 8.98. The van der Waals surface area contributed by atoms with Gasteiger partial charge >= 0.3 is 0 Å². The first-order valence-electron chi connectivity index (χ1n) is 6.38. The number of rotatable bonds is 2. The molecule has 0 saturated heterocycles. The van der Waals surface area contributed by atoms with Crippen molar-refractivity contribution in [3.63, 3.8) is 0 Å². The fraction of sp³-hybridized carbons (Fsp3) is 0.0625. The topological polar surface area (TPSA) is 84.8 Å². The summed E-state index contributed by atoms with van der Waals surface area (Å²) in [6.45, 7) is 1.91. The average Bonchev–Trinajstić information content (AvgIpc) is 2.49. The van der Waals surface area contributed by atoms with E-state index in [2.05, 4.69) is 16.0 Å². The van der Waals surface area contributed by atoms with Crippen LogP contribution in [-0.2, 0) is 0 Å². The summed E-state index contributed by atoms with van der Waals surface area (Å²) in [5, 5.41) is 9.76. The number of benzene rings is 2. The zero-order valence-electron chi connectivity index (χ0n) is 11.4. The summed E-state index contributed by atoms with van der Waals surface area (Å²) in [4.78, 5) is 8.32. The minimum atomic E-state index is 0.151. The number of nitrogens with two attached hydrogens (primary N) is 1. The first-order valence-corrected chi connectivity index (χ1v) is 6.38. The lowest BCUT2D eigenvalue weighted by Gasteiger charge is -2.10. The van der Waals surface area contributed by atoms with Crippen LogP contribution < -0.4 is 10.5 Å². The second-order valence-corrected chi connectivity index (χ2v) is 4.60. The van der Waals surface area contributed by atoms with E-state index in [1.165, 1.54) is 0 Å². The molecule has 0 aliphatic heterocycles. The van der Waals surface area contributed by atoms with Gasteiger partial charge in [-0.05, 0) is 36.8 Å². The molecule has 3 aromatic rings. The lowest BCUT2D eigenvalue weighted by molar-refractivity contribution is 0.465. The van der Waals surface area contributed by atoms with Gasteiger partial charge in [-0.25, -0.2) is 4.98 Å². The molecule has 2 aromatic carbocycles. The van der Waals surface area contributed by atoms with Crippen LogP contribution in [0, 0.1) is 18.3 Å². The Morgan fingerprint density at radius 2 is 1.95 bits per heavy atom. The molecule has 0 amide bonds. The predicted octanol–water partition coefficient (Wildman–Crippen LogP) is 3.18. The van der Waals surface area contributed by atoms with Crippen LogP contribution in [0.1, 0.15) is 11.1 Å². The van der Waals surface area contributed by atoms with Gasteiger partial charge in [-0.2, -0.15) is 10.2 Å². The van der Waals surface area contributed by atoms with Gasteiger partial charge in [0.15, 0.2) is 0 Å². The van der Waals surface area contributed by atoms with Crippen molar-refractivity contribution in [2.45, 2.75) is 6.92 Å². The van der Waals surface area contributed by atoms with E-state index in [0.717, 1.165) is 10.9 Å². The van der Waals surface area contributed by atoms with Gasteiger partial charge in [0.1, 0.15) is 5.75 Å². The Labute approximate surface area is 121 Å². The molecule has 1 heterocycles. The highest BCUT2D eigenvalue weighted by atomic mass is 16.5. The minimum absolute atomic E-state index is 0.151. The van der Waals surface area contributed by atoms with Crippen LogP contribution in [0.25, 0.3) is 10.9 Å². The van der Waals surface area contributed by atoms with Crippen molar-refractivity contribution in [3.05, 3.63) is 53.6 Å². The number of nitrogen functional groups attached to an aromatic ring is 1. The van der Waals surface area contributed by atoms with Crippen LogP contribution in [0.5, 0.6) is 11.6 Å². The van der Waals surface area contributed by atoms with Crippen LogP contribution >= 0.6 is 0 Å². The van der Waals surface area contributed by atoms with Crippen LogP contribution in [0.4, 0.5) is 5.95 Å². The molecule has 5 nitrogen and oxygen atoms in total. The number of ether oxygens (including phenoxy) is 1. The third-order valence-corrected chi connectivity index (χ3v) is 3.11. The molecular formula is C16H12N4O. The number of anilines is 1. The first kappa shape index (κ1) is 12.9. The number of hydrogen-bond acceptors (Lipinski definition) is 5. The predicted molar refractivity (Wildman–Crippen MR) is 79.9 cm³/mol. The van der Waals surface area contributed by atoms with E-state index in [-0.39, 0.29) is 5.95 Å². The molecule has 0 spiro atoms. The minimum Gasteiger partial charge on any atom is -0.438 e. The number of para-hydroxylation sites is 1. The number of fused-ring (bicyclic) bond motifs is 1. The van der Waals surface area contributed by atoms with Gasteiger partial charge in [0.05, 0.1) is 22.5 Å². The molecule has 3 rings (SSSR count). The quantitative estimate of drug-likeness (QED) is 0.777. The van der Waals surface area contributed by atoms with Crippen LogP contribution in [-0.4, -0.2) is 9.97 Å². The maximum Gasteiger partial charge on any atom is 0.231 e. The van der Waals surface area contributed by atoms with Gasteiger partial charge in [-0.1, -0.05) is 18.2 Å².